The molecule has 0 bridgehead atoms. The fourth-order valence-electron chi connectivity index (χ4n) is 3.47. The number of aliphatic hydroxyl groups is 1. The predicted octanol–water partition coefficient (Wildman–Crippen LogP) is 3.27. The van der Waals surface area contributed by atoms with Gasteiger partial charge in [0.25, 0.3) is 0 Å². The van der Waals surface area contributed by atoms with Gasteiger partial charge in [0.1, 0.15) is 18.5 Å². The third kappa shape index (κ3) is 3.61. The standard InChI is InChI=1S/C19H27N3O2/c1-2-9-17(23)19-20-15-10-5-6-11-16(15)22(19)14-18(24)21-12-7-3-4-8-13-21/h5-6,10-11,17,23H,2-4,7-9,12-14H2,1H3/t17-/m1/s1. The lowest BCUT2D eigenvalue weighted by atomic mass is 10.2. The molecule has 3 rings (SSSR count). The van der Waals surface area contributed by atoms with Crippen LogP contribution in [0.4, 0.5) is 0 Å². The summed E-state index contributed by atoms with van der Waals surface area (Å²) in [6, 6.07) is 7.80. The first-order chi connectivity index (χ1) is 11.7. The molecule has 0 saturated carbocycles. The summed E-state index contributed by atoms with van der Waals surface area (Å²) in [6.45, 7) is 3.99. The van der Waals surface area contributed by atoms with Crippen LogP contribution in [0, 0.1) is 0 Å². The van der Waals surface area contributed by atoms with E-state index < -0.39 is 6.10 Å². The summed E-state index contributed by atoms with van der Waals surface area (Å²) >= 11 is 0. The molecule has 1 aromatic heterocycles. The molecule has 2 heterocycles. The van der Waals surface area contributed by atoms with Gasteiger partial charge in [-0.05, 0) is 31.4 Å². The maximum atomic E-state index is 12.8. The van der Waals surface area contributed by atoms with Crippen LogP contribution in [0.25, 0.3) is 11.0 Å². The molecule has 0 radical (unpaired) electrons. The Labute approximate surface area is 143 Å². The molecule has 0 aliphatic carbocycles. The molecule has 5 heteroatoms. The highest BCUT2D eigenvalue weighted by atomic mass is 16.3. The Bertz CT molecular complexity index is 687. The topological polar surface area (TPSA) is 58.4 Å². The number of aliphatic hydroxyl groups excluding tert-OH is 1. The molecular formula is C19H27N3O2. The fraction of sp³-hybridized carbons (Fsp3) is 0.579. The van der Waals surface area contributed by atoms with Crippen LogP contribution in [-0.4, -0.2) is 38.6 Å². The van der Waals surface area contributed by atoms with Crippen LogP contribution in [0.5, 0.6) is 0 Å². The van der Waals surface area contributed by atoms with Crippen molar-refractivity contribution in [3.63, 3.8) is 0 Å². The first-order valence-corrected chi connectivity index (χ1v) is 9.11. The minimum absolute atomic E-state index is 0.130. The van der Waals surface area contributed by atoms with Crippen molar-refractivity contribution in [2.45, 2.75) is 58.1 Å². The number of fused-ring (bicyclic) bond motifs is 1. The quantitative estimate of drug-likeness (QED) is 0.916. The van der Waals surface area contributed by atoms with Gasteiger partial charge in [-0.25, -0.2) is 4.98 Å². The van der Waals surface area contributed by atoms with Gasteiger partial charge in [0.15, 0.2) is 0 Å². The Kier molecular flexibility index (Phi) is 5.51. The monoisotopic (exact) mass is 329 g/mol. The molecule has 24 heavy (non-hydrogen) atoms. The van der Waals surface area contributed by atoms with Crippen LogP contribution in [0.2, 0.25) is 0 Å². The Balaban J connectivity index is 1.88. The number of hydrogen-bond acceptors (Lipinski definition) is 3. The van der Waals surface area contributed by atoms with Crippen LogP contribution in [0.1, 0.15) is 57.4 Å². The number of imidazole rings is 1. The van der Waals surface area contributed by atoms with Gasteiger partial charge in [-0.2, -0.15) is 0 Å². The van der Waals surface area contributed by atoms with Crippen LogP contribution in [-0.2, 0) is 11.3 Å². The summed E-state index contributed by atoms with van der Waals surface area (Å²) in [6.07, 6.45) is 5.49. The smallest absolute Gasteiger partial charge is 0.242 e. The largest absolute Gasteiger partial charge is 0.385 e. The molecule has 1 fully saturated rings. The molecule has 1 amide bonds. The number of amides is 1. The highest BCUT2D eigenvalue weighted by Gasteiger charge is 2.22. The van der Waals surface area contributed by atoms with E-state index in [1.54, 1.807) is 0 Å². The third-order valence-corrected chi connectivity index (χ3v) is 4.80. The first-order valence-electron chi connectivity index (χ1n) is 9.11. The van der Waals surface area contributed by atoms with E-state index in [0.717, 1.165) is 43.4 Å². The van der Waals surface area contributed by atoms with Gasteiger partial charge in [-0.3, -0.25) is 4.79 Å². The molecule has 1 saturated heterocycles. The molecule has 0 spiro atoms. The van der Waals surface area contributed by atoms with E-state index in [1.807, 2.05) is 40.7 Å². The Morgan fingerprint density at radius 3 is 2.62 bits per heavy atom. The second-order valence-corrected chi connectivity index (χ2v) is 6.64. The van der Waals surface area contributed by atoms with E-state index in [0.29, 0.717) is 12.2 Å². The maximum Gasteiger partial charge on any atom is 0.242 e. The maximum absolute atomic E-state index is 12.8. The Morgan fingerprint density at radius 2 is 1.92 bits per heavy atom. The number of carbonyl (C=O) groups is 1. The Morgan fingerprint density at radius 1 is 1.21 bits per heavy atom. The highest BCUT2D eigenvalue weighted by molar-refractivity contribution is 5.81. The van der Waals surface area contributed by atoms with Crippen molar-refractivity contribution in [3.8, 4) is 0 Å². The summed E-state index contributed by atoms with van der Waals surface area (Å²) in [4.78, 5) is 19.4. The van der Waals surface area contributed by atoms with E-state index >= 15 is 0 Å². The summed E-state index contributed by atoms with van der Waals surface area (Å²) < 4.78 is 1.91. The molecule has 130 valence electrons. The molecule has 5 nitrogen and oxygen atoms in total. The minimum Gasteiger partial charge on any atom is -0.385 e. The first kappa shape index (κ1) is 17.0. The lowest BCUT2D eigenvalue weighted by molar-refractivity contribution is -0.131. The van der Waals surface area contributed by atoms with Crippen LogP contribution in [0.15, 0.2) is 24.3 Å². The van der Waals surface area contributed by atoms with Crippen LogP contribution >= 0.6 is 0 Å². The summed E-state index contributed by atoms with van der Waals surface area (Å²) in [5, 5.41) is 10.5. The molecule has 2 aromatic rings. The number of para-hydroxylation sites is 2. The average Bonchev–Trinajstić information content (AvgIpc) is 2.76. The van der Waals surface area contributed by atoms with Gasteiger partial charge < -0.3 is 14.6 Å². The Hall–Kier alpha value is -1.88. The van der Waals surface area contributed by atoms with Crippen molar-refractivity contribution in [1.29, 1.82) is 0 Å². The second-order valence-electron chi connectivity index (χ2n) is 6.64. The van der Waals surface area contributed by atoms with E-state index in [2.05, 4.69) is 4.98 Å². The van der Waals surface area contributed by atoms with Crippen molar-refractivity contribution in [2.75, 3.05) is 13.1 Å². The number of likely N-dealkylation sites (tertiary alicyclic amines) is 1. The predicted molar refractivity (Wildman–Crippen MR) is 94.6 cm³/mol. The zero-order chi connectivity index (χ0) is 16.9. The molecular weight excluding hydrogens is 302 g/mol. The SMILES string of the molecule is CCC[C@@H](O)c1nc2ccccc2n1CC(=O)N1CCCCCC1. The number of aromatic nitrogens is 2. The minimum atomic E-state index is -0.626. The normalized spacial score (nSPS) is 17.0. The molecule has 1 aromatic carbocycles. The van der Waals surface area contributed by atoms with Gasteiger partial charge >= 0.3 is 0 Å². The molecule has 0 unspecified atom stereocenters. The zero-order valence-corrected chi connectivity index (χ0v) is 14.4. The lowest BCUT2D eigenvalue weighted by Gasteiger charge is -2.22. The fourth-order valence-corrected chi connectivity index (χ4v) is 3.47. The van der Waals surface area contributed by atoms with Gasteiger partial charge in [-0.1, -0.05) is 38.3 Å². The molecule has 1 aliphatic rings. The molecule has 1 N–H and O–H groups in total. The third-order valence-electron chi connectivity index (χ3n) is 4.80. The average molecular weight is 329 g/mol. The lowest BCUT2D eigenvalue weighted by Crippen LogP contribution is -2.35. The molecule has 1 atom stereocenters. The van der Waals surface area contributed by atoms with Crippen molar-refractivity contribution in [1.82, 2.24) is 14.5 Å². The van der Waals surface area contributed by atoms with Crippen molar-refractivity contribution in [2.24, 2.45) is 0 Å². The van der Waals surface area contributed by atoms with Crippen LogP contribution in [0.3, 0.4) is 0 Å². The number of nitrogens with zero attached hydrogens (tertiary/aromatic N) is 3. The number of rotatable bonds is 5. The van der Waals surface area contributed by atoms with Gasteiger partial charge in [0.05, 0.1) is 11.0 Å². The zero-order valence-electron chi connectivity index (χ0n) is 14.4. The highest BCUT2D eigenvalue weighted by Crippen LogP contribution is 2.24. The number of benzene rings is 1. The van der Waals surface area contributed by atoms with E-state index in [9.17, 15) is 9.90 Å². The van der Waals surface area contributed by atoms with Crippen molar-refractivity contribution < 1.29 is 9.90 Å². The van der Waals surface area contributed by atoms with E-state index in [1.165, 1.54) is 12.8 Å². The van der Waals surface area contributed by atoms with Crippen molar-refractivity contribution in [3.05, 3.63) is 30.1 Å². The van der Waals surface area contributed by atoms with Crippen molar-refractivity contribution >= 4 is 16.9 Å². The van der Waals surface area contributed by atoms with Crippen LogP contribution < -0.4 is 0 Å². The van der Waals surface area contributed by atoms with Gasteiger partial charge in [0, 0.05) is 13.1 Å². The van der Waals surface area contributed by atoms with E-state index in [4.69, 9.17) is 0 Å². The number of carbonyl (C=O) groups excluding carboxylic acids is 1. The van der Waals surface area contributed by atoms with Gasteiger partial charge in [-0.15, -0.1) is 0 Å². The molecule has 1 aliphatic heterocycles. The van der Waals surface area contributed by atoms with E-state index in [-0.39, 0.29) is 12.5 Å². The second kappa shape index (κ2) is 7.79. The summed E-state index contributed by atoms with van der Waals surface area (Å²) in [7, 11) is 0. The van der Waals surface area contributed by atoms with Gasteiger partial charge in [0.2, 0.25) is 5.91 Å². The summed E-state index contributed by atoms with van der Waals surface area (Å²) in [5.74, 6) is 0.742. The summed E-state index contributed by atoms with van der Waals surface area (Å²) in [5.41, 5.74) is 1.76. The number of hydrogen-bond donors (Lipinski definition) is 1.